The Balaban J connectivity index is 1.82. The predicted octanol–water partition coefficient (Wildman–Crippen LogP) is 2.57. The molecule has 1 heterocycles. The number of halogens is 2. The van der Waals surface area contributed by atoms with E-state index in [1.165, 1.54) is 54.5 Å². The van der Waals surface area contributed by atoms with Crippen molar-refractivity contribution in [1.82, 2.24) is 4.72 Å². The first-order valence-corrected chi connectivity index (χ1v) is 9.61. The standard InChI is InChI=1S/C17H16ClFN2O4S/c1-25-15-7-2-11(18)10-16(15)26(23,24)20-14-8-9-21(17(14)22)13-5-3-12(19)4-6-13/h2-7,10,14,20H,8-9H2,1H3/t14-/m0/s1. The average molecular weight is 399 g/mol. The van der Waals surface area contributed by atoms with Gasteiger partial charge < -0.3 is 9.64 Å². The zero-order chi connectivity index (χ0) is 18.9. The van der Waals surface area contributed by atoms with Gasteiger partial charge in [0.2, 0.25) is 15.9 Å². The lowest BCUT2D eigenvalue weighted by molar-refractivity contribution is -0.118. The topological polar surface area (TPSA) is 75.7 Å². The van der Waals surface area contributed by atoms with Crippen LogP contribution in [-0.4, -0.2) is 34.0 Å². The van der Waals surface area contributed by atoms with Gasteiger partial charge in [0.1, 0.15) is 22.5 Å². The number of carbonyl (C=O) groups excluding carboxylic acids is 1. The number of ether oxygens (including phenoxy) is 1. The largest absolute Gasteiger partial charge is 0.495 e. The molecule has 3 rings (SSSR count). The fraction of sp³-hybridized carbons (Fsp3) is 0.235. The van der Waals surface area contributed by atoms with Gasteiger partial charge in [-0.2, -0.15) is 4.72 Å². The number of nitrogens with zero attached hydrogens (tertiary/aromatic N) is 1. The van der Waals surface area contributed by atoms with Crippen LogP contribution in [0.25, 0.3) is 0 Å². The first-order valence-electron chi connectivity index (χ1n) is 7.74. The highest BCUT2D eigenvalue weighted by Crippen LogP contribution is 2.28. The lowest BCUT2D eigenvalue weighted by Gasteiger charge is -2.18. The molecule has 0 aliphatic carbocycles. The Hall–Kier alpha value is -2.16. The zero-order valence-electron chi connectivity index (χ0n) is 13.8. The third-order valence-electron chi connectivity index (χ3n) is 4.06. The van der Waals surface area contributed by atoms with Crippen molar-refractivity contribution in [2.45, 2.75) is 17.4 Å². The highest BCUT2D eigenvalue weighted by atomic mass is 35.5. The molecule has 1 amide bonds. The number of anilines is 1. The van der Waals surface area contributed by atoms with Crippen LogP contribution in [-0.2, 0) is 14.8 Å². The second kappa shape index (κ2) is 7.22. The minimum absolute atomic E-state index is 0.128. The molecule has 2 aromatic carbocycles. The van der Waals surface area contributed by atoms with Crippen LogP contribution in [0.5, 0.6) is 5.75 Å². The minimum Gasteiger partial charge on any atom is -0.495 e. The molecule has 6 nitrogen and oxygen atoms in total. The van der Waals surface area contributed by atoms with Crippen LogP contribution in [0.4, 0.5) is 10.1 Å². The molecule has 0 spiro atoms. The number of amides is 1. The number of sulfonamides is 1. The molecule has 138 valence electrons. The van der Waals surface area contributed by atoms with Gasteiger partial charge in [0, 0.05) is 17.3 Å². The summed E-state index contributed by atoms with van der Waals surface area (Å²) in [4.78, 5) is 13.8. The number of carbonyl (C=O) groups is 1. The summed E-state index contributed by atoms with van der Waals surface area (Å²) in [5.41, 5.74) is 0.512. The quantitative estimate of drug-likeness (QED) is 0.839. The summed E-state index contributed by atoms with van der Waals surface area (Å²) < 4.78 is 45.9. The highest BCUT2D eigenvalue weighted by molar-refractivity contribution is 7.89. The summed E-state index contributed by atoms with van der Waals surface area (Å²) in [7, 11) is -2.67. The number of nitrogens with one attached hydrogen (secondary N) is 1. The van der Waals surface area contributed by atoms with Crippen LogP contribution in [0, 0.1) is 5.82 Å². The van der Waals surface area contributed by atoms with E-state index in [-0.39, 0.29) is 15.7 Å². The SMILES string of the molecule is COc1ccc(Cl)cc1S(=O)(=O)N[C@H]1CCN(c2ccc(F)cc2)C1=O. The van der Waals surface area contributed by atoms with Gasteiger partial charge >= 0.3 is 0 Å². The van der Waals surface area contributed by atoms with Crippen molar-refractivity contribution in [1.29, 1.82) is 0 Å². The Labute approximate surface area is 155 Å². The number of rotatable bonds is 5. The van der Waals surface area contributed by atoms with Crippen LogP contribution in [0.15, 0.2) is 47.4 Å². The molecule has 1 N–H and O–H groups in total. The summed E-state index contributed by atoms with van der Waals surface area (Å²) >= 11 is 5.89. The van der Waals surface area contributed by atoms with E-state index >= 15 is 0 Å². The molecule has 0 radical (unpaired) electrons. The van der Waals surface area contributed by atoms with Gasteiger partial charge in [0.25, 0.3) is 0 Å². The summed E-state index contributed by atoms with van der Waals surface area (Å²) in [6, 6.07) is 8.74. The van der Waals surface area contributed by atoms with Crippen molar-refractivity contribution < 1.29 is 22.3 Å². The van der Waals surface area contributed by atoms with E-state index in [9.17, 15) is 17.6 Å². The number of hydrogen-bond acceptors (Lipinski definition) is 4. The summed E-state index contributed by atoms with van der Waals surface area (Å²) in [5, 5.41) is 0.233. The number of benzene rings is 2. The summed E-state index contributed by atoms with van der Waals surface area (Å²) in [5.74, 6) is -0.686. The van der Waals surface area contributed by atoms with Crippen molar-refractivity contribution in [2.24, 2.45) is 0 Å². The van der Waals surface area contributed by atoms with E-state index < -0.39 is 27.8 Å². The van der Waals surface area contributed by atoms with Crippen molar-refractivity contribution in [3.63, 3.8) is 0 Å². The fourth-order valence-electron chi connectivity index (χ4n) is 2.78. The highest BCUT2D eigenvalue weighted by Gasteiger charge is 2.36. The third kappa shape index (κ3) is 3.67. The maximum Gasteiger partial charge on any atom is 0.245 e. The van der Waals surface area contributed by atoms with E-state index in [2.05, 4.69) is 4.72 Å². The molecule has 26 heavy (non-hydrogen) atoms. The molecule has 1 aliphatic rings. The van der Waals surface area contributed by atoms with Crippen LogP contribution in [0.2, 0.25) is 5.02 Å². The third-order valence-corrected chi connectivity index (χ3v) is 5.78. The number of methoxy groups -OCH3 is 1. The van der Waals surface area contributed by atoms with Gasteiger partial charge in [0.05, 0.1) is 7.11 Å². The fourth-order valence-corrected chi connectivity index (χ4v) is 4.43. The smallest absolute Gasteiger partial charge is 0.245 e. The second-order valence-electron chi connectivity index (χ2n) is 5.72. The maximum absolute atomic E-state index is 13.0. The molecule has 1 fully saturated rings. The van der Waals surface area contributed by atoms with Gasteiger partial charge in [-0.1, -0.05) is 11.6 Å². The minimum atomic E-state index is -4.02. The van der Waals surface area contributed by atoms with Crippen LogP contribution >= 0.6 is 11.6 Å². The molecule has 0 saturated carbocycles. The molecule has 2 aromatic rings. The van der Waals surface area contributed by atoms with Gasteiger partial charge in [-0.25, -0.2) is 12.8 Å². The Morgan fingerprint density at radius 2 is 1.92 bits per heavy atom. The van der Waals surface area contributed by atoms with E-state index in [0.717, 1.165) is 0 Å². The van der Waals surface area contributed by atoms with Crippen molar-refractivity contribution in [2.75, 3.05) is 18.6 Å². The molecular formula is C17H16ClFN2O4S. The molecule has 1 atom stereocenters. The molecule has 0 aromatic heterocycles. The van der Waals surface area contributed by atoms with Gasteiger partial charge in [0.15, 0.2) is 0 Å². The van der Waals surface area contributed by atoms with Crippen molar-refractivity contribution >= 4 is 33.2 Å². The number of hydrogen-bond donors (Lipinski definition) is 1. The van der Waals surface area contributed by atoms with E-state index in [1.54, 1.807) is 0 Å². The first kappa shape index (κ1) is 18.6. The van der Waals surface area contributed by atoms with E-state index in [0.29, 0.717) is 18.7 Å². The molecule has 9 heteroatoms. The Kier molecular flexibility index (Phi) is 5.17. The average Bonchev–Trinajstić information content (AvgIpc) is 2.96. The van der Waals surface area contributed by atoms with Crippen LogP contribution in [0.1, 0.15) is 6.42 Å². The molecule has 1 saturated heterocycles. The van der Waals surface area contributed by atoms with E-state index in [1.807, 2.05) is 0 Å². The first-order chi connectivity index (χ1) is 12.3. The normalized spacial score (nSPS) is 17.6. The second-order valence-corrected chi connectivity index (χ2v) is 7.84. The Morgan fingerprint density at radius 1 is 1.23 bits per heavy atom. The van der Waals surface area contributed by atoms with Gasteiger partial charge in [-0.05, 0) is 48.9 Å². The summed E-state index contributed by atoms with van der Waals surface area (Å²) in [6.45, 7) is 0.324. The maximum atomic E-state index is 13.0. The van der Waals surface area contributed by atoms with E-state index in [4.69, 9.17) is 16.3 Å². The monoisotopic (exact) mass is 398 g/mol. The zero-order valence-corrected chi connectivity index (χ0v) is 15.3. The molecule has 0 bridgehead atoms. The van der Waals surface area contributed by atoms with Gasteiger partial charge in [-0.3, -0.25) is 4.79 Å². The molecular weight excluding hydrogens is 383 g/mol. The summed E-state index contributed by atoms with van der Waals surface area (Å²) in [6.07, 6.45) is 0.290. The Morgan fingerprint density at radius 3 is 2.58 bits per heavy atom. The molecule has 0 unspecified atom stereocenters. The molecule has 1 aliphatic heterocycles. The van der Waals surface area contributed by atoms with Crippen LogP contribution in [0.3, 0.4) is 0 Å². The van der Waals surface area contributed by atoms with Crippen LogP contribution < -0.4 is 14.4 Å². The predicted molar refractivity (Wildman–Crippen MR) is 95.5 cm³/mol. The lowest BCUT2D eigenvalue weighted by Crippen LogP contribution is -2.41. The van der Waals surface area contributed by atoms with Crippen molar-refractivity contribution in [3.8, 4) is 5.75 Å². The lowest BCUT2D eigenvalue weighted by atomic mass is 10.3. The Bertz CT molecular complexity index is 934. The van der Waals surface area contributed by atoms with Crippen molar-refractivity contribution in [3.05, 3.63) is 53.3 Å². The van der Waals surface area contributed by atoms with Gasteiger partial charge in [-0.15, -0.1) is 0 Å².